The Morgan fingerprint density at radius 1 is 0.352 bits per heavy atom. The lowest BCUT2D eigenvalue weighted by molar-refractivity contribution is -0.167. The Balaban J connectivity index is 4.18. The van der Waals surface area contributed by atoms with Crippen LogP contribution >= 0.6 is 0 Å². The molecule has 0 amide bonds. The van der Waals surface area contributed by atoms with Crippen LogP contribution in [-0.4, -0.2) is 37.2 Å². The predicted molar refractivity (Wildman–Crippen MR) is 229 cm³/mol. The largest absolute Gasteiger partial charge is 0.462 e. The molecule has 0 aliphatic rings. The molecule has 0 saturated carbocycles. The molecule has 0 aromatic rings. The van der Waals surface area contributed by atoms with Crippen molar-refractivity contribution in [3.8, 4) is 0 Å². The molecule has 54 heavy (non-hydrogen) atoms. The Morgan fingerprint density at radius 3 is 0.981 bits per heavy atom. The van der Waals surface area contributed by atoms with Crippen LogP contribution in [0, 0.1) is 0 Å². The quantitative estimate of drug-likeness (QED) is 0.0267. The number of carbonyl (C=O) groups excluding carboxylic acids is 3. The van der Waals surface area contributed by atoms with Gasteiger partial charge in [-0.3, -0.25) is 14.4 Å². The van der Waals surface area contributed by atoms with Crippen molar-refractivity contribution in [3.63, 3.8) is 0 Å². The molecule has 0 radical (unpaired) electrons. The van der Waals surface area contributed by atoms with Crippen molar-refractivity contribution in [1.29, 1.82) is 0 Å². The normalized spacial score (nSPS) is 12.1. The lowest BCUT2D eigenvalue weighted by Gasteiger charge is -2.18. The number of carbonyl (C=O) groups is 3. The van der Waals surface area contributed by atoms with Crippen molar-refractivity contribution in [2.24, 2.45) is 0 Å². The third kappa shape index (κ3) is 41.1. The molecule has 0 saturated heterocycles. The summed E-state index contributed by atoms with van der Waals surface area (Å²) >= 11 is 0. The number of ether oxygens (including phenoxy) is 3. The molecule has 0 aromatic heterocycles. The molecule has 6 heteroatoms. The molecule has 1 unspecified atom stereocenters. The van der Waals surface area contributed by atoms with E-state index in [4.69, 9.17) is 14.2 Å². The topological polar surface area (TPSA) is 78.9 Å². The summed E-state index contributed by atoms with van der Waals surface area (Å²) in [6, 6.07) is 0. The van der Waals surface area contributed by atoms with Gasteiger partial charge in [-0.2, -0.15) is 0 Å². The highest BCUT2D eigenvalue weighted by Crippen LogP contribution is 2.14. The first-order valence-corrected chi connectivity index (χ1v) is 23.3. The molecular weight excluding hydrogens is 673 g/mol. The molecule has 0 aliphatic carbocycles. The maximum atomic E-state index is 12.6. The molecule has 0 spiro atoms. The molecule has 0 fully saturated rings. The van der Waals surface area contributed by atoms with Crippen molar-refractivity contribution < 1.29 is 28.6 Å². The zero-order valence-electron chi connectivity index (χ0n) is 36.0. The van der Waals surface area contributed by atoms with E-state index in [-0.39, 0.29) is 31.1 Å². The van der Waals surface area contributed by atoms with Gasteiger partial charge in [-0.05, 0) is 64.2 Å². The first-order chi connectivity index (χ1) is 26.5. The van der Waals surface area contributed by atoms with E-state index in [0.717, 1.165) is 70.6 Å². The van der Waals surface area contributed by atoms with E-state index < -0.39 is 6.10 Å². The number of esters is 3. The summed E-state index contributed by atoms with van der Waals surface area (Å²) < 4.78 is 16.6. The minimum absolute atomic E-state index is 0.0738. The van der Waals surface area contributed by atoms with Gasteiger partial charge in [0.05, 0.1) is 0 Å². The number of hydrogen-bond acceptors (Lipinski definition) is 6. The fourth-order valence-corrected chi connectivity index (χ4v) is 6.59. The summed E-state index contributed by atoms with van der Waals surface area (Å²) in [7, 11) is 0. The highest BCUT2D eigenvalue weighted by molar-refractivity contribution is 5.71. The standard InChI is InChI=1S/C48H88O6/c1-4-7-10-13-16-18-20-21-22-23-24-25-26-27-29-30-32-35-38-41-47(50)53-44-45(43-52-46(49)40-37-34-15-12-9-6-3)54-48(51)42-39-36-33-31-28-19-17-14-11-8-5-2/h14,17,21-22,45H,4-13,15-16,18-20,23-44H2,1-3H3/b17-14-,22-21-. The predicted octanol–water partition coefficient (Wildman–Crippen LogP) is 14.8. The first-order valence-electron chi connectivity index (χ1n) is 23.3. The Morgan fingerprint density at radius 2 is 0.630 bits per heavy atom. The molecule has 0 rings (SSSR count). The Labute approximate surface area is 334 Å². The van der Waals surface area contributed by atoms with Crippen LogP contribution in [0.5, 0.6) is 0 Å². The lowest BCUT2D eigenvalue weighted by atomic mass is 10.1. The van der Waals surface area contributed by atoms with E-state index in [1.54, 1.807) is 0 Å². The smallest absolute Gasteiger partial charge is 0.306 e. The van der Waals surface area contributed by atoms with Crippen LogP contribution in [0.4, 0.5) is 0 Å². The van der Waals surface area contributed by atoms with Crippen LogP contribution < -0.4 is 0 Å². The summed E-state index contributed by atoms with van der Waals surface area (Å²) in [6.07, 6.45) is 47.6. The third-order valence-corrected chi connectivity index (χ3v) is 10.2. The van der Waals surface area contributed by atoms with Gasteiger partial charge < -0.3 is 14.2 Å². The fraction of sp³-hybridized carbons (Fsp3) is 0.854. The van der Waals surface area contributed by atoms with Gasteiger partial charge in [-0.1, -0.05) is 186 Å². The van der Waals surface area contributed by atoms with Crippen LogP contribution in [0.25, 0.3) is 0 Å². The minimum Gasteiger partial charge on any atom is -0.462 e. The second-order valence-electron chi connectivity index (χ2n) is 15.7. The molecule has 0 bridgehead atoms. The van der Waals surface area contributed by atoms with Crippen LogP contribution in [0.3, 0.4) is 0 Å². The molecule has 0 N–H and O–H groups in total. The van der Waals surface area contributed by atoms with Gasteiger partial charge >= 0.3 is 17.9 Å². The molecule has 6 nitrogen and oxygen atoms in total. The van der Waals surface area contributed by atoms with E-state index in [2.05, 4.69) is 45.1 Å². The van der Waals surface area contributed by atoms with Crippen LogP contribution in [-0.2, 0) is 28.6 Å². The van der Waals surface area contributed by atoms with E-state index in [1.165, 1.54) is 135 Å². The van der Waals surface area contributed by atoms with Gasteiger partial charge in [0.25, 0.3) is 0 Å². The van der Waals surface area contributed by atoms with Crippen molar-refractivity contribution >= 4 is 17.9 Å². The number of allylic oxidation sites excluding steroid dienone is 4. The van der Waals surface area contributed by atoms with Gasteiger partial charge in [-0.15, -0.1) is 0 Å². The van der Waals surface area contributed by atoms with Crippen LogP contribution in [0.2, 0.25) is 0 Å². The second-order valence-corrected chi connectivity index (χ2v) is 15.7. The fourth-order valence-electron chi connectivity index (χ4n) is 6.59. The summed E-state index contributed by atoms with van der Waals surface area (Å²) in [5, 5.41) is 0. The zero-order chi connectivity index (χ0) is 39.4. The van der Waals surface area contributed by atoms with Crippen molar-refractivity contribution in [2.75, 3.05) is 13.2 Å². The van der Waals surface area contributed by atoms with Crippen LogP contribution in [0.1, 0.15) is 245 Å². The van der Waals surface area contributed by atoms with Crippen molar-refractivity contribution in [1.82, 2.24) is 0 Å². The zero-order valence-corrected chi connectivity index (χ0v) is 36.0. The van der Waals surface area contributed by atoms with Crippen molar-refractivity contribution in [3.05, 3.63) is 24.3 Å². The van der Waals surface area contributed by atoms with Gasteiger partial charge in [0.1, 0.15) is 13.2 Å². The molecule has 1 atom stereocenters. The highest BCUT2D eigenvalue weighted by Gasteiger charge is 2.19. The maximum Gasteiger partial charge on any atom is 0.306 e. The molecule has 0 aliphatic heterocycles. The SMILES string of the molecule is CCCC/C=C\CCCCCCCC(=O)OC(COC(=O)CCCCCCCC)COC(=O)CCCCCCCCCCC/C=C\CCCCCCCC. The molecule has 0 heterocycles. The Kier molecular flexibility index (Phi) is 41.9. The minimum atomic E-state index is -0.768. The average Bonchev–Trinajstić information content (AvgIpc) is 3.17. The number of unbranched alkanes of at least 4 members (excludes halogenated alkanes) is 27. The van der Waals surface area contributed by atoms with E-state index >= 15 is 0 Å². The van der Waals surface area contributed by atoms with Gasteiger partial charge in [0.15, 0.2) is 6.10 Å². The second kappa shape index (κ2) is 43.6. The van der Waals surface area contributed by atoms with Crippen molar-refractivity contribution in [2.45, 2.75) is 252 Å². The maximum absolute atomic E-state index is 12.6. The summed E-state index contributed by atoms with van der Waals surface area (Å²) in [6.45, 7) is 6.53. The monoisotopic (exact) mass is 761 g/mol. The van der Waals surface area contributed by atoms with E-state index in [9.17, 15) is 14.4 Å². The van der Waals surface area contributed by atoms with Gasteiger partial charge in [-0.25, -0.2) is 0 Å². The van der Waals surface area contributed by atoms with Gasteiger partial charge in [0, 0.05) is 19.3 Å². The lowest BCUT2D eigenvalue weighted by Crippen LogP contribution is -2.30. The van der Waals surface area contributed by atoms with E-state index in [0.29, 0.717) is 19.3 Å². The average molecular weight is 761 g/mol. The number of rotatable bonds is 42. The molecule has 316 valence electrons. The van der Waals surface area contributed by atoms with Crippen LogP contribution in [0.15, 0.2) is 24.3 Å². The summed E-state index contributed by atoms with van der Waals surface area (Å²) in [5.41, 5.74) is 0. The first kappa shape index (κ1) is 51.9. The molecule has 0 aromatic carbocycles. The summed E-state index contributed by atoms with van der Waals surface area (Å²) in [5.74, 6) is -0.891. The van der Waals surface area contributed by atoms with Gasteiger partial charge in [0.2, 0.25) is 0 Å². The number of hydrogen-bond donors (Lipinski definition) is 0. The summed E-state index contributed by atoms with van der Waals surface area (Å²) in [4.78, 5) is 37.5. The van der Waals surface area contributed by atoms with E-state index in [1.807, 2.05) is 0 Å². The Bertz CT molecular complexity index is 880. The Hall–Kier alpha value is -2.11. The third-order valence-electron chi connectivity index (χ3n) is 10.2. The molecular formula is C48H88O6. The highest BCUT2D eigenvalue weighted by atomic mass is 16.6.